The third-order valence-electron chi connectivity index (χ3n) is 4.28. The molecule has 3 N–H and O–H groups in total. The molecule has 150 valence electrons. The number of amides is 2. The van der Waals surface area contributed by atoms with E-state index >= 15 is 0 Å². The van der Waals surface area contributed by atoms with Gasteiger partial charge in [0.05, 0.1) is 19.1 Å². The summed E-state index contributed by atoms with van der Waals surface area (Å²) in [6.45, 7) is 1.94. The summed E-state index contributed by atoms with van der Waals surface area (Å²) in [4.78, 5) is 25.3. The zero-order chi connectivity index (χ0) is 20.6. The third kappa shape index (κ3) is 6.23. The molecule has 0 spiro atoms. The lowest BCUT2D eigenvalue weighted by Gasteiger charge is -2.18. The standard InChI is InChI=1S/C22H22FN3O2S/c1-15-4-6-16(7-5-15)22(19-3-2-12-29-19)25-13-20(27)24-14-21(28)26-18-10-8-17(23)9-11-18/h2-12,22,25H,13-14H2,1H3,(H,24,27)(H,26,28)/t22-/m0/s1. The van der Waals surface area contributed by atoms with Crippen LogP contribution < -0.4 is 16.0 Å². The summed E-state index contributed by atoms with van der Waals surface area (Å²) in [6, 6.07) is 17.5. The van der Waals surface area contributed by atoms with E-state index in [1.807, 2.05) is 48.7 Å². The molecule has 0 aliphatic rings. The summed E-state index contributed by atoms with van der Waals surface area (Å²) < 4.78 is 12.9. The summed E-state index contributed by atoms with van der Waals surface area (Å²) in [5.41, 5.74) is 2.71. The van der Waals surface area contributed by atoms with Crippen LogP contribution in [0.2, 0.25) is 0 Å². The van der Waals surface area contributed by atoms with Crippen molar-refractivity contribution in [2.75, 3.05) is 18.4 Å². The number of aryl methyl sites for hydroxylation is 1. The van der Waals surface area contributed by atoms with Gasteiger partial charge in [-0.25, -0.2) is 4.39 Å². The Balaban J connectivity index is 1.51. The van der Waals surface area contributed by atoms with Crippen LogP contribution in [0.4, 0.5) is 10.1 Å². The van der Waals surface area contributed by atoms with Gasteiger partial charge in [-0.3, -0.25) is 14.9 Å². The van der Waals surface area contributed by atoms with Crippen LogP contribution in [-0.2, 0) is 9.59 Å². The molecule has 1 heterocycles. The zero-order valence-corrected chi connectivity index (χ0v) is 16.8. The second kappa shape index (κ2) is 9.95. The van der Waals surface area contributed by atoms with Crippen LogP contribution in [0.3, 0.4) is 0 Å². The van der Waals surface area contributed by atoms with Crippen molar-refractivity contribution in [3.63, 3.8) is 0 Å². The van der Waals surface area contributed by atoms with Crippen LogP contribution >= 0.6 is 11.3 Å². The molecule has 0 aliphatic heterocycles. The average Bonchev–Trinajstić information content (AvgIpc) is 3.24. The highest BCUT2D eigenvalue weighted by molar-refractivity contribution is 7.10. The fourth-order valence-corrected chi connectivity index (χ4v) is 3.60. The number of halogens is 1. The summed E-state index contributed by atoms with van der Waals surface area (Å²) in [5, 5.41) is 10.5. The highest BCUT2D eigenvalue weighted by Gasteiger charge is 2.16. The first-order valence-electron chi connectivity index (χ1n) is 9.17. The van der Waals surface area contributed by atoms with E-state index in [-0.39, 0.29) is 36.8 Å². The van der Waals surface area contributed by atoms with Gasteiger partial charge in [-0.05, 0) is 48.2 Å². The highest BCUT2D eigenvalue weighted by atomic mass is 32.1. The monoisotopic (exact) mass is 411 g/mol. The van der Waals surface area contributed by atoms with Crippen molar-refractivity contribution in [3.8, 4) is 0 Å². The third-order valence-corrected chi connectivity index (χ3v) is 5.22. The molecule has 0 aliphatic carbocycles. The smallest absolute Gasteiger partial charge is 0.243 e. The predicted molar refractivity (Wildman–Crippen MR) is 113 cm³/mol. The first-order chi connectivity index (χ1) is 14.0. The van der Waals surface area contributed by atoms with Crippen molar-refractivity contribution in [2.45, 2.75) is 13.0 Å². The molecule has 2 amide bonds. The van der Waals surface area contributed by atoms with Crippen LogP contribution in [-0.4, -0.2) is 24.9 Å². The Kier molecular flexibility index (Phi) is 7.10. The lowest BCUT2D eigenvalue weighted by atomic mass is 10.0. The van der Waals surface area contributed by atoms with E-state index in [4.69, 9.17) is 0 Å². The first kappa shape index (κ1) is 20.7. The Morgan fingerprint density at radius 1 is 0.966 bits per heavy atom. The van der Waals surface area contributed by atoms with Crippen molar-refractivity contribution < 1.29 is 14.0 Å². The molecular formula is C22H22FN3O2S. The molecule has 3 rings (SSSR count). The maximum atomic E-state index is 12.9. The van der Waals surface area contributed by atoms with E-state index in [1.54, 1.807) is 11.3 Å². The number of rotatable bonds is 8. The van der Waals surface area contributed by atoms with E-state index in [9.17, 15) is 14.0 Å². The van der Waals surface area contributed by atoms with Crippen molar-refractivity contribution in [1.82, 2.24) is 10.6 Å². The van der Waals surface area contributed by atoms with Gasteiger partial charge in [0, 0.05) is 10.6 Å². The van der Waals surface area contributed by atoms with Crippen molar-refractivity contribution in [2.24, 2.45) is 0 Å². The lowest BCUT2D eigenvalue weighted by Crippen LogP contribution is -2.39. The number of hydrogen-bond acceptors (Lipinski definition) is 4. The van der Waals surface area contributed by atoms with E-state index in [0.717, 1.165) is 10.4 Å². The van der Waals surface area contributed by atoms with Gasteiger partial charge in [0.1, 0.15) is 5.82 Å². The number of thiophene rings is 1. The zero-order valence-electron chi connectivity index (χ0n) is 15.9. The summed E-state index contributed by atoms with van der Waals surface area (Å²) in [6.07, 6.45) is 0. The number of hydrogen-bond donors (Lipinski definition) is 3. The van der Waals surface area contributed by atoms with Crippen molar-refractivity contribution >= 4 is 28.8 Å². The number of nitrogens with one attached hydrogen (secondary N) is 3. The fourth-order valence-electron chi connectivity index (χ4n) is 2.77. The molecule has 1 atom stereocenters. The molecule has 1 aromatic heterocycles. The van der Waals surface area contributed by atoms with E-state index < -0.39 is 0 Å². The molecule has 2 aromatic carbocycles. The van der Waals surface area contributed by atoms with Gasteiger partial charge in [-0.15, -0.1) is 11.3 Å². The number of benzene rings is 2. The average molecular weight is 412 g/mol. The van der Waals surface area contributed by atoms with Gasteiger partial charge >= 0.3 is 0 Å². The number of carbonyl (C=O) groups excluding carboxylic acids is 2. The van der Waals surface area contributed by atoms with Gasteiger partial charge < -0.3 is 10.6 Å². The van der Waals surface area contributed by atoms with E-state index in [2.05, 4.69) is 16.0 Å². The minimum absolute atomic E-state index is 0.0697. The van der Waals surface area contributed by atoms with Crippen LogP contribution in [0, 0.1) is 12.7 Å². The number of carbonyl (C=O) groups is 2. The second-order valence-corrected chi connectivity index (χ2v) is 7.55. The molecule has 0 fully saturated rings. The summed E-state index contributed by atoms with van der Waals surface area (Å²) in [5.74, 6) is -1.04. The molecule has 29 heavy (non-hydrogen) atoms. The van der Waals surface area contributed by atoms with E-state index in [1.165, 1.54) is 29.8 Å². The fraction of sp³-hybridized carbons (Fsp3) is 0.182. The molecule has 0 unspecified atom stereocenters. The SMILES string of the molecule is Cc1ccc([C@H](NCC(=O)NCC(=O)Nc2ccc(F)cc2)c2cccs2)cc1. The van der Waals surface area contributed by atoms with Crippen LogP contribution in [0.15, 0.2) is 66.0 Å². The topological polar surface area (TPSA) is 70.2 Å². The first-order valence-corrected chi connectivity index (χ1v) is 10.0. The Bertz CT molecular complexity index is 941. The lowest BCUT2D eigenvalue weighted by molar-refractivity contribution is -0.123. The quantitative estimate of drug-likeness (QED) is 0.530. The van der Waals surface area contributed by atoms with Crippen LogP contribution in [0.25, 0.3) is 0 Å². The van der Waals surface area contributed by atoms with Gasteiger partial charge in [0.25, 0.3) is 0 Å². The summed E-state index contributed by atoms with van der Waals surface area (Å²) in [7, 11) is 0. The number of anilines is 1. The normalized spacial score (nSPS) is 11.7. The van der Waals surface area contributed by atoms with Crippen LogP contribution in [0.1, 0.15) is 22.0 Å². The summed E-state index contributed by atoms with van der Waals surface area (Å²) >= 11 is 1.62. The largest absolute Gasteiger partial charge is 0.346 e. The molecule has 3 aromatic rings. The van der Waals surface area contributed by atoms with Gasteiger partial charge in [0.15, 0.2) is 0 Å². The minimum Gasteiger partial charge on any atom is -0.346 e. The second-order valence-electron chi connectivity index (χ2n) is 6.57. The van der Waals surface area contributed by atoms with Crippen molar-refractivity contribution in [1.29, 1.82) is 0 Å². The molecule has 0 saturated heterocycles. The molecule has 7 heteroatoms. The predicted octanol–water partition coefficient (Wildman–Crippen LogP) is 3.63. The maximum absolute atomic E-state index is 12.9. The Labute approximate surface area is 173 Å². The molecule has 0 radical (unpaired) electrons. The van der Waals surface area contributed by atoms with Crippen molar-refractivity contribution in [3.05, 3.63) is 87.9 Å². The molecule has 0 bridgehead atoms. The molecule has 0 saturated carbocycles. The van der Waals surface area contributed by atoms with E-state index in [0.29, 0.717) is 5.69 Å². The molecule has 5 nitrogen and oxygen atoms in total. The Morgan fingerprint density at radius 2 is 1.69 bits per heavy atom. The maximum Gasteiger partial charge on any atom is 0.243 e. The highest BCUT2D eigenvalue weighted by Crippen LogP contribution is 2.26. The van der Waals surface area contributed by atoms with Crippen LogP contribution in [0.5, 0.6) is 0 Å². The Morgan fingerprint density at radius 3 is 2.34 bits per heavy atom. The van der Waals surface area contributed by atoms with Gasteiger partial charge in [0.2, 0.25) is 11.8 Å². The molecular weight excluding hydrogens is 389 g/mol. The van der Waals surface area contributed by atoms with Gasteiger partial charge in [-0.2, -0.15) is 0 Å². The Hall–Kier alpha value is -3.03. The minimum atomic E-state index is -0.378. The van der Waals surface area contributed by atoms with Gasteiger partial charge in [-0.1, -0.05) is 35.9 Å².